The highest BCUT2D eigenvalue weighted by Crippen LogP contribution is 2.18. The molecular formula is C17H27N3O. The van der Waals surface area contributed by atoms with Crippen LogP contribution in [0.4, 0.5) is 0 Å². The van der Waals surface area contributed by atoms with Crippen LogP contribution in [0.1, 0.15) is 32.8 Å². The first-order valence-electron chi connectivity index (χ1n) is 7.68. The fraction of sp³-hybridized carbons (Fsp3) is 0.588. The first-order chi connectivity index (χ1) is 9.86. The van der Waals surface area contributed by atoms with E-state index >= 15 is 0 Å². The van der Waals surface area contributed by atoms with Crippen molar-refractivity contribution in [2.45, 2.75) is 45.8 Å². The molecule has 0 spiro atoms. The van der Waals surface area contributed by atoms with Gasteiger partial charge in [-0.1, -0.05) is 51.1 Å². The molecule has 1 aliphatic rings. The fourth-order valence-electron chi connectivity index (χ4n) is 2.62. The third-order valence-corrected chi connectivity index (χ3v) is 4.08. The van der Waals surface area contributed by atoms with Crippen molar-refractivity contribution in [3.8, 4) is 0 Å². The molecule has 1 aromatic carbocycles. The van der Waals surface area contributed by atoms with Gasteiger partial charge in [-0.25, -0.2) is 0 Å². The van der Waals surface area contributed by atoms with Gasteiger partial charge in [0.1, 0.15) is 0 Å². The third kappa shape index (κ3) is 4.55. The van der Waals surface area contributed by atoms with E-state index in [9.17, 15) is 4.79 Å². The summed E-state index contributed by atoms with van der Waals surface area (Å²) in [6.45, 7) is 8.84. The molecule has 1 aromatic rings. The van der Waals surface area contributed by atoms with E-state index in [2.05, 4.69) is 34.5 Å². The highest BCUT2D eigenvalue weighted by Gasteiger charge is 2.30. The van der Waals surface area contributed by atoms with Crippen molar-refractivity contribution < 1.29 is 4.79 Å². The maximum atomic E-state index is 12.2. The van der Waals surface area contributed by atoms with Crippen LogP contribution in [0.2, 0.25) is 0 Å². The Kier molecular flexibility index (Phi) is 5.01. The number of nitrogens with zero attached hydrogens (tertiary/aromatic N) is 1. The van der Waals surface area contributed by atoms with Crippen LogP contribution in [0, 0.1) is 5.41 Å². The highest BCUT2D eigenvalue weighted by molar-refractivity contribution is 5.82. The number of benzene rings is 1. The van der Waals surface area contributed by atoms with Crippen LogP contribution < -0.4 is 11.1 Å². The molecule has 1 amide bonds. The molecule has 0 saturated carbocycles. The summed E-state index contributed by atoms with van der Waals surface area (Å²) in [5, 5.41) is 3.10. The molecule has 1 aliphatic heterocycles. The molecular weight excluding hydrogens is 262 g/mol. The minimum atomic E-state index is -0.458. The van der Waals surface area contributed by atoms with Crippen molar-refractivity contribution in [3.05, 3.63) is 35.9 Å². The number of hydrogen-bond donors (Lipinski definition) is 2. The smallest absolute Gasteiger partial charge is 0.237 e. The lowest BCUT2D eigenvalue weighted by Crippen LogP contribution is -2.51. The molecule has 1 heterocycles. The van der Waals surface area contributed by atoms with E-state index < -0.39 is 6.04 Å². The largest absolute Gasteiger partial charge is 0.351 e. The normalized spacial score (nSPS) is 21.2. The van der Waals surface area contributed by atoms with E-state index in [-0.39, 0.29) is 17.4 Å². The standard InChI is InChI=1S/C17H27N3O/c1-17(2,3)15(18)16(21)19-14-9-10-20(12-14)11-13-7-5-4-6-8-13/h4-8,14-15H,9-12,18H2,1-3H3,(H,19,21)/t14-,15+/m0/s1. The molecule has 0 radical (unpaired) electrons. The molecule has 21 heavy (non-hydrogen) atoms. The van der Waals surface area contributed by atoms with Gasteiger partial charge in [0.2, 0.25) is 5.91 Å². The Morgan fingerprint density at radius 1 is 1.38 bits per heavy atom. The Labute approximate surface area is 127 Å². The maximum absolute atomic E-state index is 12.2. The Bertz CT molecular complexity index is 467. The van der Waals surface area contributed by atoms with Gasteiger partial charge in [0, 0.05) is 25.7 Å². The quantitative estimate of drug-likeness (QED) is 0.888. The summed E-state index contributed by atoms with van der Waals surface area (Å²) in [7, 11) is 0. The molecule has 0 bridgehead atoms. The maximum Gasteiger partial charge on any atom is 0.237 e. The monoisotopic (exact) mass is 289 g/mol. The van der Waals surface area contributed by atoms with Crippen LogP contribution in [-0.2, 0) is 11.3 Å². The summed E-state index contributed by atoms with van der Waals surface area (Å²) in [4.78, 5) is 14.5. The average molecular weight is 289 g/mol. The van der Waals surface area contributed by atoms with Gasteiger partial charge in [-0.05, 0) is 17.4 Å². The van der Waals surface area contributed by atoms with Crippen LogP contribution in [-0.4, -0.2) is 36.0 Å². The zero-order valence-electron chi connectivity index (χ0n) is 13.3. The van der Waals surface area contributed by atoms with Crippen LogP contribution in [0.15, 0.2) is 30.3 Å². The first kappa shape index (κ1) is 16.0. The number of carbonyl (C=O) groups is 1. The number of nitrogens with one attached hydrogen (secondary N) is 1. The molecule has 2 atom stereocenters. The lowest BCUT2D eigenvalue weighted by molar-refractivity contribution is -0.125. The summed E-state index contributed by atoms with van der Waals surface area (Å²) in [5.74, 6) is -0.0333. The number of nitrogens with two attached hydrogens (primary N) is 1. The zero-order valence-corrected chi connectivity index (χ0v) is 13.3. The average Bonchev–Trinajstić information content (AvgIpc) is 2.85. The molecule has 1 fully saturated rings. The Balaban J connectivity index is 1.82. The minimum absolute atomic E-state index is 0.0333. The molecule has 4 heteroatoms. The summed E-state index contributed by atoms with van der Waals surface area (Å²) < 4.78 is 0. The fourth-order valence-corrected chi connectivity index (χ4v) is 2.62. The van der Waals surface area contributed by atoms with E-state index in [0.717, 1.165) is 26.1 Å². The van der Waals surface area contributed by atoms with Crippen molar-refractivity contribution in [3.63, 3.8) is 0 Å². The van der Waals surface area contributed by atoms with Crippen LogP contribution >= 0.6 is 0 Å². The summed E-state index contributed by atoms with van der Waals surface area (Å²) in [5.41, 5.74) is 7.12. The topological polar surface area (TPSA) is 58.4 Å². The lowest BCUT2D eigenvalue weighted by atomic mass is 9.87. The first-order valence-corrected chi connectivity index (χ1v) is 7.68. The van der Waals surface area contributed by atoms with E-state index in [1.54, 1.807) is 0 Å². The van der Waals surface area contributed by atoms with Gasteiger partial charge in [-0.2, -0.15) is 0 Å². The van der Waals surface area contributed by atoms with E-state index in [1.165, 1.54) is 5.56 Å². The van der Waals surface area contributed by atoms with Gasteiger partial charge in [0.05, 0.1) is 6.04 Å². The number of likely N-dealkylation sites (tertiary alicyclic amines) is 1. The third-order valence-electron chi connectivity index (χ3n) is 4.08. The number of rotatable bonds is 4. The Hall–Kier alpha value is -1.39. The van der Waals surface area contributed by atoms with Crippen LogP contribution in [0.5, 0.6) is 0 Å². The molecule has 116 valence electrons. The van der Waals surface area contributed by atoms with E-state index in [1.807, 2.05) is 26.8 Å². The zero-order chi connectivity index (χ0) is 15.5. The second-order valence-corrected chi connectivity index (χ2v) is 7.06. The van der Waals surface area contributed by atoms with Crippen molar-refractivity contribution in [2.75, 3.05) is 13.1 Å². The van der Waals surface area contributed by atoms with Crippen molar-refractivity contribution in [1.29, 1.82) is 0 Å². The second kappa shape index (κ2) is 6.58. The predicted octanol–water partition coefficient (Wildman–Crippen LogP) is 1.75. The summed E-state index contributed by atoms with van der Waals surface area (Å²) in [6.07, 6.45) is 0.995. The van der Waals surface area contributed by atoms with Crippen molar-refractivity contribution in [2.24, 2.45) is 11.1 Å². The van der Waals surface area contributed by atoms with Gasteiger partial charge < -0.3 is 11.1 Å². The van der Waals surface area contributed by atoms with Gasteiger partial charge in [0.25, 0.3) is 0 Å². The molecule has 2 rings (SSSR count). The van der Waals surface area contributed by atoms with Crippen molar-refractivity contribution in [1.82, 2.24) is 10.2 Å². The molecule has 0 aromatic heterocycles. The number of hydrogen-bond acceptors (Lipinski definition) is 3. The lowest BCUT2D eigenvalue weighted by Gasteiger charge is -2.27. The van der Waals surface area contributed by atoms with Gasteiger partial charge in [0.15, 0.2) is 0 Å². The number of carbonyl (C=O) groups excluding carboxylic acids is 1. The van der Waals surface area contributed by atoms with E-state index in [0.29, 0.717) is 0 Å². The van der Waals surface area contributed by atoms with Gasteiger partial charge >= 0.3 is 0 Å². The molecule has 0 unspecified atom stereocenters. The molecule has 0 aliphatic carbocycles. The Morgan fingerprint density at radius 3 is 2.67 bits per heavy atom. The van der Waals surface area contributed by atoms with E-state index in [4.69, 9.17) is 5.73 Å². The van der Waals surface area contributed by atoms with Crippen LogP contribution in [0.25, 0.3) is 0 Å². The molecule has 4 nitrogen and oxygen atoms in total. The predicted molar refractivity (Wildman–Crippen MR) is 85.7 cm³/mol. The van der Waals surface area contributed by atoms with Gasteiger partial charge in [-0.3, -0.25) is 9.69 Å². The Morgan fingerprint density at radius 2 is 2.05 bits per heavy atom. The SMILES string of the molecule is CC(C)(C)[C@H](N)C(=O)N[C@H]1CCN(Cc2ccccc2)C1. The van der Waals surface area contributed by atoms with Crippen LogP contribution in [0.3, 0.4) is 0 Å². The number of amides is 1. The molecule has 1 saturated heterocycles. The second-order valence-electron chi connectivity index (χ2n) is 7.06. The summed E-state index contributed by atoms with van der Waals surface area (Å²) >= 11 is 0. The van der Waals surface area contributed by atoms with Crippen molar-refractivity contribution >= 4 is 5.91 Å². The molecule has 3 N–H and O–H groups in total. The highest BCUT2D eigenvalue weighted by atomic mass is 16.2. The minimum Gasteiger partial charge on any atom is -0.351 e. The summed E-state index contributed by atoms with van der Waals surface area (Å²) in [6, 6.07) is 10.2. The van der Waals surface area contributed by atoms with Gasteiger partial charge in [-0.15, -0.1) is 0 Å².